The molecule has 0 atom stereocenters. The van der Waals surface area contributed by atoms with Crippen molar-refractivity contribution in [3.63, 3.8) is 0 Å². The molecule has 118 valence electrons. The van der Waals surface area contributed by atoms with Crippen LogP contribution in [0.4, 0.5) is 5.95 Å². The standard InChI is InChI=1S/C16H28N4O/c1-13-15(12-17-8-11-21-3)14(2)19-16(18-13)20-9-6-4-5-7-10-20/h17H,4-12H2,1-3H3. The van der Waals surface area contributed by atoms with Gasteiger partial charge in [0, 0.05) is 50.2 Å². The number of nitrogens with one attached hydrogen (secondary N) is 1. The van der Waals surface area contributed by atoms with Crippen molar-refractivity contribution in [1.29, 1.82) is 0 Å². The van der Waals surface area contributed by atoms with Crippen molar-refractivity contribution in [2.75, 3.05) is 38.3 Å². The zero-order valence-electron chi connectivity index (χ0n) is 13.6. The number of nitrogens with zero attached hydrogens (tertiary/aromatic N) is 3. The molecular formula is C16H28N4O. The van der Waals surface area contributed by atoms with Gasteiger partial charge in [-0.25, -0.2) is 9.97 Å². The van der Waals surface area contributed by atoms with E-state index in [4.69, 9.17) is 14.7 Å². The van der Waals surface area contributed by atoms with Crippen LogP contribution < -0.4 is 10.2 Å². The lowest BCUT2D eigenvalue weighted by Gasteiger charge is -2.22. The van der Waals surface area contributed by atoms with Crippen molar-refractivity contribution < 1.29 is 4.74 Å². The van der Waals surface area contributed by atoms with Gasteiger partial charge in [-0.05, 0) is 26.7 Å². The molecule has 0 unspecified atom stereocenters. The molecule has 1 saturated heterocycles. The van der Waals surface area contributed by atoms with Crippen molar-refractivity contribution in [2.24, 2.45) is 0 Å². The van der Waals surface area contributed by atoms with Crippen LogP contribution in [0, 0.1) is 13.8 Å². The number of hydrogen-bond donors (Lipinski definition) is 1. The van der Waals surface area contributed by atoms with Crippen molar-refractivity contribution in [3.05, 3.63) is 17.0 Å². The monoisotopic (exact) mass is 292 g/mol. The normalized spacial score (nSPS) is 16.0. The molecule has 0 bridgehead atoms. The van der Waals surface area contributed by atoms with E-state index in [9.17, 15) is 0 Å². The Kier molecular flexibility index (Phi) is 6.39. The molecule has 1 aliphatic rings. The third-order valence-corrected chi connectivity index (χ3v) is 4.08. The van der Waals surface area contributed by atoms with E-state index in [-0.39, 0.29) is 0 Å². The first-order valence-corrected chi connectivity index (χ1v) is 8.01. The van der Waals surface area contributed by atoms with E-state index in [1.54, 1.807) is 7.11 Å². The molecule has 1 N–H and O–H groups in total. The number of aromatic nitrogens is 2. The van der Waals surface area contributed by atoms with Crippen LogP contribution in [0.1, 0.15) is 42.6 Å². The molecule has 0 aromatic carbocycles. The van der Waals surface area contributed by atoms with Gasteiger partial charge in [0.2, 0.25) is 5.95 Å². The predicted octanol–water partition coefficient (Wildman–Crippen LogP) is 2.21. The van der Waals surface area contributed by atoms with Crippen molar-refractivity contribution in [1.82, 2.24) is 15.3 Å². The SMILES string of the molecule is COCCNCc1c(C)nc(N2CCCCCC2)nc1C. The Morgan fingerprint density at radius 3 is 2.24 bits per heavy atom. The highest BCUT2D eigenvalue weighted by Gasteiger charge is 2.15. The van der Waals surface area contributed by atoms with Crippen LogP contribution in [-0.2, 0) is 11.3 Å². The number of anilines is 1. The Hall–Kier alpha value is -1.20. The van der Waals surface area contributed by atoms with Gasteiger partial charge in [0.05, 0.1) is 6.61 Å². The molecule has 1 fully saturated rings. The van der Waals surface area contributed by atoms with Gasteiger partial charge in [-0.3, -0.25) is 0 Å². The van der Waals surface area contributed by atoms with Gasteiger partial charge >= 0.3 is 0 Å². The van der Waals surface area contributed by atoms with Crippen LogP contribution in [0.2, 0.25) is 0 Å². The molecule has 0 aliphatic carbocycles. The summed E-state index contributed by atoms with van der Waals surface area (Å²) in [5, 5.41) is 3.37. The summed E-state index contributed by atoms with van der Waals surface area (Å²) in [6.45, 7) is 8.73. The molecule has 5 heteroatoms. The first-order valence-electron chi connectivity index (χ1n) is 8.01. The Balaban J connectivity index is 2.05. The third-order valence-electron chi connectivity index (χ3n) is 4.08. The van der Waals surface area contributed by atoms with Gasteiger partial charge in [0.1, 0.15) is 0 Å². The predicted molar refractivity (Wildman–Crippen MR) is 85.8 cm³/mol. The zero-order valence-corrected chi connectivity index (χ0v) is 13.6. The Labute approximate surface area is 128 Å². The maximum atomic E-state index is 5.05. The molecule has 5 nitrogen and oxygen atoms in total. The highest BCUT2D eigenvalue weighted by Crippen LogP contribution is 2.19. The maximum Gasteiger partial charge on any atom is 0.225 e. The third kappa shape index (κ3) is 4.64. The van der Waals surface area contributed by atoms with Crippen molar-refractivity contribution >= 4 is 5.95 Å². The van der Waals surface area contributed by atoms with Crippen LogP contribution in [0.25, 0.3) is 0 Å². The molecule has 0 saturated carbocycles. The summed E-state index contributed by atoms with van der Waals surface area (Å²) in [5.41, 5.74) is 3.39. The van der Waals surface area contributed by atoms with E-state index in [1.165, 1.54) is 31.2 Å². The summed E-state index contributed by atoms with van der Waals surface area (Å²) in [6, 6.07) is 0. The average Bonchev–Trinajstić information content (AvgIpc) is 2.74. The van der Waals surface area contributed by atoms with Gasteiger partial charge in [0.25, 0.3) is 0 Å². The molecule has 0 radical (unpaired) electrons. The molecule has 0 spiro atoms. The fourth-order valence-corrected chi connectivity index (χ4v) is 2.78. The van der Waals surface area contributed by atoms with E-state index >= 15 is 0 Å². The second kappa shape index (κ2) is 8.29. The lowest BCUT2D eigenvalue weighted by Crippen LogP contribution is -2.27. The van der Waals surface area contributed by atoms with Gasteiger partial charge in [-0.2, -0.15) is 0 Å². The summed E-state index contributed by atoms with van der Waals surface area (Å²) < 4.78 is 5.05. The first kappa shape index (κ1) is 16.2. The second-order valence-electron chi connectivity index (χ2n) is 5.74. The van der Waals surface area contributed by atoms with E-state index in [2.05, 4.69) is 24.1 Å². The lowest BCUT2D eigenvalue weighted by atomic mass is 10.1. The van der Waals surface area contributed by atoms with Gasteiger partial charge in [-0.15, -0.1) is 0 Å². The summed E-state index contributed by atoms with van der Waals surface area (Å²) in [6.07, 6.45) is 5.16. The number of aryl methyl sites for hydroxylation is 2. The largest absolute Gasteiger partial charge is 0.383 e. The molecule has 1 aromatic rings. The quantitative estimate of drug-likeness (QED) is 0.815. The molecule has 1 aliphatic heterocycles. The van der Waals surface area contributed by atoms with Gasteiger partial charge in [-0.1, -0.05) is 12.8 Å². The van der Waals surface area contributed by atoms with Crippen LogP contribution in [-0.4, -0.2) is 43.3 Å². The topological polar surface area (TPSA) is 50.3 Å². The van der Waals surface area contributed by atoms with E-state index in [1.807, 2.05) is 0 Å². The number of ether oxygens (including phenoxy) is 1. The summed E-state index contributed by atoms with van der Waals surface area (Å²) >= 11 is 0. The zero-order chi connectivity index (χ0) is 15.1. The van der Waals surface area contributed by atoms with Crippen LogP contribution in [0.3, 0.4) is 0 Å². The number of methoxy groups -OCH3 is 1. The molecule has 0 amide bonds. The Morgan fingerprint density at radius 1 is 1.05 bits per heavy atom. The number of hydrogen-bond acceptors (Lipinski definition) is 5. The van der Waals surface area contributed by atoms with Crippen LogP contribution >= 0.6 is 0 Å². The molecule has 1 aromatic heterocycles. The maximum absolute atomic E-state index is 5.05. The number of rotatable bonds is 6. The first-order chi connectivity index (χ1) is 10.2. The Morgan fingerprint density at radius 2 is 1.67 bits per heavy atom. The minimum Gasteiger partial charge on any atom is -0.383 e. The Bertz CT molecular complexity index is 419. The van der Waals surface area contributed by atoms with Gasteiger partial charge in [0.15, 0.2) is 0 Å². The highest BCUT2D eigenvalue weighted by atomic mass is 16.5. The van der Waals surface area contributed by atoms with Crippen LogP contribution in [0.15, 0.2) is 0 Å². The van der Waals surface area contributed by atoms with Crippen LogP contribution in [0.5, 0.6) is 0 Å². The average molecular weight is 292 g/mol. The summed E-state index contributed by atoms with van der Waals surface area (Å²) in [5.74, 6) is 0.910. The van der Waals surface area contributed by atoms with E-state index in [0.717, 1.165) is 50.1 Å². The molecule has 21 heavy (non-hydrogen) atoms. The fourth-order valence-electron chi connectivity index (χ4n) is 2.78. The molecular weight excluding hydrogens is 264 g/mol. The van der Waals surface area contributed by atoms with E-state index < -0.39 is 0 Å². The minimum atomic E-state index is 0.727. The molecule has 2 heterocycles. The van der Waals surface area contributed by atoms with Crippen molar-refractivity contribution in [2.45, 2.75) is 46.1 Å². The fraction of sp³-hybridized carbons (Fsp3) is 0.750. The van der Waals surface area contributed by atoms with Gasteiger partial charge < -0.3 is 15.0 Å². The van der Waals surface area contributed by atoms with Crippen molar-refractivity contribution in [3.8, 4) is 0 Å². The summed E-state index contributed by atoms with van der Waals surface area (Å²) in [4.78, 5) is 11.8. The minimum absolute atomic E-state index is 0.727. The van der Waals surface area contributed by atoms with E-state index in [0.29, 0.717) is 0 Å². The molecule has 2 rings (SSSR count). The second-order valence-corrected chi connectivity index (χ2v) is 5.74. The highest BCUT2D eigenvalue weighted by molar-refractivity contribution is 5.36. The summed E-state index contributed by atoms with van der Waals surface area (Å²) in [7, 11) is 1.72. The lowest BCUT2D eigenvalue weighted by molar-refractivity contribution is 0.199. The smallest absolute Gasteiger partial charge is 0.225 e.